The Kier molecular flexibility index (Phi) is 4.80. The van der Waals surface area contributed by atoms with Gasteiger partial charge in [-0.05, 0) is 49.9 Å². The molecule has 3 rings (SSSR count). The third-order valence-electron chi connectivity index (χ3n) is 4.37. The average molecular weight is 352 g/mol. The fourth-order valence-corrected chi connectivity index (χ4v) is 2.94. The molecule has 25 heavy (non-hydrogen) atoms. The lowest BCUT2D eigenvalue weighted by Gasteiger charge is -2.26. The van der Waals surface area contributed by atoms with Crippen molar-refractivity contribution in [1.82, 2.24) is 15.1 Å². The number of hydrogen-bond donors (Lipinski definition) is 2. The summed E-state index contributed by atoms with van der Waals surface area (Å²) < 4.78 is 39.7. The Hall–Kier alpha value is -2.35. The van der Waals surface area contributed by atoms with Crippen LogP contribution in [-0.2, 0) is 6.18 Å². The van der Waals surface area contributed by atoms with E-state index in [9.17, 15) is 18.0 Å². The van der Waals surface area contributed by atoms with Gasteiger partial charge in [-0.25, -0.2) is 4.68 Å². The number of alkyl halides is 3. The van der Waals surface area contributed by atoms with E-state index < -0.39 is 11.7 Å². The molecule has 0 bridgehead atoms. The standard InChI is InChI=1S/C17H19F3N4O/c18-17(19,20)11-2-1-3-14(10-11)24-9-8-15(23-24)16(25)22-13-6-4-12(21)5-7-13/h1-3,8-10,12-13H,4-7,21H2,(H,22,25). The minimum Gasteiger partial charge on any atom is -0.348 e. The summed E-state index contributed by atoms with van der Waals surface area (Å²) in [4.78, 5) is 12.3. The average Bonchev–Trinajstić information content (AvgIpc) is 3.06. The molecule has 1 aromatic carbocycles. The van der Waals surface area contributed by atoms with Gasteiger partial charge in [0.05, 0.1) is 11.3 Å². The summed E-state index contributed by atoms with van der Waals surface area (Å²) in [5.74, 6) is -0.328. The molecular weight excluding hydrogens is 333 g/mol. The fraction of sp³-hybridized carbons (Fsp3) is 0.412. The van der Waals surface area contributed by atoms with Gasteiger partial charge in [0.15, 0.2) is 5.69 Å². The third-order valence-corrected chi connectivity index (χ3v) is 4.37. The van der Waals surface area contributed by atoms with E-state index in [1.54, 1.807) is 0 Å². The van der Waals surface area contributed by atoms with E-state index in [4.69, 9.17) is 5.73 Å². The molecule has 8 heteroatoms. The smallest absolute Gasteiger partial charge is 0.348 e. The van der Waals surface area contributed by atoms with Crippen molar-refractivity contribution in [2.75, 3.05) is 0 Å². The normalized spacial score (nSPS) is 21.1. The van der Waals surface area contributed by atoms with Gasteiger partial charge in [0, 0.05) is 18.3 Å². The monoisotopic (exact) mass is 352 g/mol. The maximum absolute atomic E-state index is 12.8. The number of nitrogens with zero attached hydrogens (tertiary/aromatic N) is 2. The molecule has 5 nitrogen and oxygen atoms in total. The van der Waals surface area contributed by atoms with Crippen LogP contribution in [0.25, 0.3) is 5.69 Å². The Morgan fingerprint density at radius 1 is 1.20 bits per heavy atom. The van der Waals surface area contributed by atoms with Crippen molar-refractivity contribution < 1.29 is 18.0 Å². The zero-order valence-corrected chi connectivity index (χ0v) is 13.5. The van der Waals surface area contributed by atoms with Crippen LogP contribution in [-0.4, -0.2) is 27.8 Å². The van der Waals surface area contributed by atoms with Crippen LogP contribution < -0.4 is 11.1 Å². The van der Waals surface area contributed by atoms with Crippen LogP contribution in [0.1, 0.15) is 41.7 Å². The summed E-state index contributed by atoms with van der Waals surface area (Å²) in [7, 11) is 0. The van der Waals surface area contributed by atoms with Crippen LogP contribution in [0.2, 0.25) is 0 Å². The molecular formula is C17H19F3N4O. The summed E-state index contributed by atoms with van der Waals surface area (Å²) in [6, 6.07) is 6.55. The van der Waals surface area contributed by atoms with E-state index >= 15 is 0 Å². The number of carbonyl (C=O) groups is 1. The molecule has 0 atom stereocenters. The second kappa shape index (κ2) is 6.87. The Morgan fingerprint density at radius 2 is 1.92 bits per heavy atom. The Morgan fingerprint density at radius 3 is 2.60 bits per heavy atom. The molecule has 2 aromatic rings. The van der Waals surface area contributed by atoms with Crippen molar-refractivity contribution in [3.8, 4) is 5.69 Å². The molecule has 134 valence electrons. The quantitative estimate of drug-likeness (QED) is 0.892. The van der Waals surface area contributed by atoms with Gasteiger partial charge in [0.1, 0.15) is 0 Å². The second-order valence-electron chi connectivity index (χ2n) is 6.28. The molecule has 0 unspecified atom stereocenters. The SMILES string of the molecule is NC1CCC(NC(=O)c2ccn(-c3cccc(C(F)(F)F)c3)n2)CC1. The minimum absolute atomic E-state index is 0.0611. The number of nitrogens with one attached hydrogen (secondary N) is 1. The van der Waals surface area contributed by atoms with E-state index in [-0.39, 0.29) is 29.4 Å². The highest BCUT2D eigenvalue weighted by molar-refractivity contribution is 5.92. The summed E-state index contributed by atoms with van der Waals surface area (Å²) in [5.41, 5.74) is 5.50. The molecule has 1 saturated carbocycles. The largest absolute Gasteiger partial charge is 0.416 e. The number of rotatable bonds is 3. The van der Waals surface area contributed by atoms with E-state index in [2.05, 4.69) is 10.4 Å². The molecule has 1 amide bonds. The van der Waals surface area contributed by atoms with Gasteiger partial charge in [-0.3, -0.25) is 4.79 Å². The summed E-state index contributed by atoms with van der Waals surface area (Å²) in [6.07, 6.45) is 0.419. The first-order chi connectivity index (χ1) is 11.8. The first-order valence-corrected chi connectivity index (χ1v) is 8.12. The van der Waals surface area contributed by atoms with E-state index in [1.807, 2.05) is 0 Å². The minimum atomic E-state index is -4.43. The van der Waals surface area contributed by atoms with Gasteiger partial charge < -0.3 is 11.1 Å². The first kappa shape index (κ1) is 17.5. The summed E-state index contributed by atoms with van der Waals surface area (Å²) in [6.45, 7) is 0. The molecule has 1 aliphatic rings. The van der Waals surface area contributed by atoms with Gasteiger partial charge in [-0.2, -0.15) is 18.3 Å². The van der Waals surface area contributed by atoms with E-state index in [1.165, 1.54) is 29.1 Å². The van der Waals surface area contributed by atoms with Crippen LogP contribution in [0.4, 0.5) is 13.2 Å². The predicted octanol–water partition coefficient (Wildman–Crippen LogP) is 2.89. The highest BCUT2D eigenvalue weighted by atomic mass is 19.4. The lowest BCUT2D eigenvalue weighted by Crippen LogP contribution is -2.40. The zero-order chi connectivity index (χ0) is 18.0. The Balaban J connectivity index is 1.71. The number of aromatic nitrogens is 2. The van der Waals surface area contributed by atoms with Crippen molar-refractivity contribution in [2.24, 2.45) is 5.73 Å². The number of nitrogens with two attached hydrogens (primary N) is 1. The molecule has 0 aliphatic heterocycles. The second-order valence-corrected chi connectivity index (χ2v) is 6.28. The summed E-state index contributed by atoms with van der Waals surface area (Å²) in [5, 5.41) is 7.00. The highest BCUT2D eigenvalue weighted by Crippen LogP contribution is 2.30. The predicted molar refractivity (Wildman–Crippen MR) is 86.3 cm³/mol. The lowest BCUT2D eigenvalue weighted by molar-refractivity contribution is -0.137. The van der Waals surface area contributed by atoms with Gasteiger partial charge in [-0.15, -0.1) is 0 Å². The van der Waals surface area contributed by atoms with Crippen LogP contribution in [0.15, 0.2) is 36.5 Å². The molecule has 1 fully saturated rings. The summed E-state index contributed by atoms with van der Waals surface area (Å²) >= 11 is 0. The number of hydrogen-bond acceptors (Lipinski definition) is 3. The number of benzene rings is 1. The van der Waals surface area contributed by atoms with Gasteiger partial charge >= 0.3 is 6.18 Å². The van der Waals surface area contributed by atoms with Crippen molar-refractivity contribution in [3.63, 3.8) is 0 Å². The van der Waals surface area contributed by atoms with Gasteiger partial charge in [0.2, 0.25) is 0 Å². The Bertz CT molecular complexity index is 748. The fourth-order valence-electron chi connectivity index (χ4n) is 2.94. The topological polar surface area (TPSA) is 72.9 Å². The molecule has 3 N–H and O–H groups in total. The van der Waals surface area contributed by atoms with Gasteiger partial charge in [0.25, 0.3) is 5.91 Å². The zero-order valence-electron chi connectivity index (χ0n) is 13.5. The number of carbonyl (C=O) groups excluding carboxylic acids is 1. The molecule has 0 saturated heterocycles. The van der Waals surface area contributed by atoms with Crippen molar-refractivity contribution in [2.45, 2.75) is 43.9 Å². The third kappa shape index (κ3) is 4.19. The van der Waals surface area contributed by atoms with E-state index in [0.717, 1.165) is 37.8 Å². The van der Waals surface area contributed by atoms with Crippen LogP contribution in [0, 0.1) is 0 Å². The van der Waals surface area contributed by atoms with Crippen LogP contribution >= 0.6 is 0 Å². The number of amides is 1. The van der Waals surface area contributed by atoms with Gasteiger partial charge in [-0.1, -0.05) is 6.07 Å². The van der Waals surface area contributed by atoms with Crippen LogP contribution in [0.3, 0.4) is 0 Å². The highest BCUT2D eigenvalue weighted by Gasteiger charge is 2.30. The lowest BCUT2D eigenvalue weighted by atomic mass is 9.92. The molecule has 1 heterocycles. The maximum Gasteiger partial charge on any atom is 0.416 e. The van der Waals surface area contributed by atoms with Crippen LogP contribution in [0.5, 0.6) is 0 Å². The Labute approximate surface area is 143 Å². The first-order valence-electron chi connectivity index (χ1n) is 8.12. The van der Waals surface area contributed by atoms with Crippen molar-refractivity contribution >= 4 is 5.91 Å². The van der Waals surface area contributed by atoms with Crippen molar-refractivity contribution in [3.05, 3.63) is 47.8 Å². The van der Waals surface area contributed by atoms with Crippen molar-refractivity contribution in [1.29, 1.82) is 0 Å². The number of halogens is 3. The van der Waals surface area contributed by atoms with E-state index in [0.29, 0.717) is 0 Å². The molecule has 0 radical (unpaired) electrons. The molecule has 1 aromatic heterocycles. The maximum atomic E-state index is 12.8. The molecule has 1 aliphatic carbocycles. The molecule has 0 spiro atoms.